The van der Waals surface area contributed by atoms with Crippen LogP contribution in [-0.4, -0.2) is 33.1 Å². The third kappa shape index (κ3) is 3.51. The van der Waals surface area contributed by atoms with Crippen LogP contribution in [0.25, 0.3) is 0 Å². The highest BCUT2D eigenvalue weighted by atomic mass is 16.5. The standard InChI is InChI=1S/C12H15N5O2/c1-8-5-3-4-6-10(8)19-7-11(18)13-9(2)12-14-16-17-15-12/h3-6,9H,7H2,1-2H3,(H,13,18)(H,14,15,16,17). The number of hydrogen-bond donors (Lipinski definition) is 2. The summed E-state index contributed by atoms with van der Waals surface area (Å²) in [6.07, 6.45) is 0. The van der Waals surface area contributed by atoms with E-state index in [-0.39, 0.29) is 18.6 Å². The third-order valence-corrected chi connectivity index (χ3v) is 2.58. The van der Waals surface area contributed by atoms with Crippen LogP contribution in [0.2, 0.25) is 0 Å². The molecule has 1 heterocycles. The molecule has 0 spiro atoms. The van der Waals surface area contributed by atoms with Crippen LogP contribution in [-0.2, 0) is 4.79 Å². The SMILES string of the molecule is Cc1ccccc1OCC(=O)NC(C)c1nn[nH]n1. The van der Waals surface area contributed by atoms with Crippen LogP contribution in [0.5, 0.6) is 5.75 Å². The molecule has 19 heavy (non-hydrogen) atoms. The molecule has 0 saturated carbocycles. The number of para-hydroxylation sites is 1. The first-order chi connectivity index (χ1) is 9.16. The van der Waals surface area contributed by atoms with Crippen molar-refractivity contribution in [3.8, 4) is 5.75 Å². The van der Waals surface area contributed by atoms with Gasteiger partial charge in [0.15, 0.2) is 12.4 Å². The second-order valence-electron chi connectivity index (χ2n) is 4.11. The highest BCUT2D eigenvalue weighted by Crippen LogP contribution is 2.15. The minimum absolute atomic E-state index is 0.0486. The number of tetrazole rings is 1. The summed E-state index contributed by atoms with van der Waals surface area (Å²) < 4.78 is 5.44. The van der Waals surface area contributed by atoms with Gasteiger partial charge in [-0.1, -0.05) is 23.4 Å². The van der Waals surface area contributed by atoms with Gasteiger partial charge in [-0.2, -0.15) is 5.21 Å². The van der Waals surface area contributed by atoms with Crippen molar-refractivity contribution in [1.82, 2.24) is 25.9 Å². The van der Waals surface area contributed by atoms with Gasteiger partial charge in [0.25, 0.3) is 5.91 Å². The van der Waals surface area contributed by atoms with Crippen molar-refractivity contribution in [2.75, 3.05) is 6.61 Å². The number of nitrogens with one attached hydrogen (secondary N) is 2. The number of carbonyl (C=O) groups excluding carboxylic acids is 1. The number of nitrogens with zero attached hydrogens (tertiary/aromatic N) is 3. The molecule has 2 N–H and O–H groups in total. The molecule has 7 nitrogen and oxygen atoms in total. The van der Waals surface area contributed by atoms with E-state index in [1.165, 1.54) is 0 Å². The average molecular weight is 261 g/mol. The molecule has 1 unspecified atom stereocenters. The molecule has 2 rings (SSSR count). The molecule has 0 aliphatic carbocycles. The monoisotopic (exact) mass is 261 g/mol. The molecule has 1 amide bonds. The Kier molecular flexibility index (Phi) is 4.07. The summed E-state index contributed by atoms with van der Waals surface area (Å²) in [6, 6.07) is 7.22. The molecule has 0 radical (unpaired) electrons. The maximum Gasteiger partial charge on any atom is 0.258 e. The van der Waals surface area contributed by atoms with Gasteiger partial charge >= 0.3 is 0 Å². The number of benzene rings is 1. The Labute approximate surface area is 110 Å². The number of carbonyl (C=O) groups is 1. The molecule has 1 aromatic heterocycles. The van der Waals surface area contributed by atoms with Gasteiger partial charge in [-0.15, -0.1) is 10.2 Å². The van der Waals surface area contributed by atoms with Crippen LogP contribution in [0, 0.1) is 6.92 Å². The van der Waals surface area contributed by atoms with Crippen molar-refractivity contribution in [3.63, 3.8) is 0 Å². The first kappa shape index (κ1) is 13.0. The summed E-state index contributed by atoms with van der Waals surface area (Å²) in [5.41, 5.74) is 0.988. The summed E-state index contributed by atoms with van der Waals surface area (Å²) in [4.78, 5) is 11.7. The number of amides is 1. The Balaban J connectivity index is 1.84. The van der Waals surface area contributed by atoms with Crippen LogP contribution < -0.4 is 10.1 Å². The van der Waals surface area contributed by atoms with Gasteiger partial charge in [-0.05, 0) is 25.5 Å². The van der Waals surface area contributed by atoms with Crippen molar-refractivity contribution >= 4 is 5.91 Å². The van der Waals surface area contributed by atoms with Gasteiger partial charge in [-0.25, -0.2) is 0 Å². The zero-order valence-electron chi connectivity index (χ0n) is 10.8. The van der Waals surface area contributed by atoms with Crippen molar-refractivity contribution < 1.29 is 9.53 Å². The van der Waals surface area contributed by atoms with E-state index < -0.39 is 0 Å². The first-order valence-electron chi connectivity index (χ1n) is 5.88. The molecule has 0 saturated heterocycles. The molecule has 0 aliphatic heterocycles. The van der Waals surface area contributed by atoms with E-state index in [2.05, 4.69) is 25.9 Å². The lowest BCUT2D eigenvalue weighted by Crippen LogP contribution is -2.31. The van der Waals surface area contributed by atoms with Crippen LogP contribution >= 0.6 is 0 Å². The van der Waals surface area contributed by atoms with Gasteiger partial charge in [0, 0.05) is 0 Å². The molecule has 100 valence electrons. The van der Waals surface area contributed by atoms with Crippen molar-refractivity contribution in [2.45, 2.75) is 19.9 Å². The summed E-state index contributed by atoms with van der Waals surface area (Å²) in [7, 11) is 0. The Hall–Kier alpha value is -2.44. The minimum Gasteiger partial charge on any atom is -0.484 e. The number of aromatic nitrogens is 4. The van der Waals surface area contributed by atoms with Crippen LogP contribution in [0.1, 0.15) is 24.4 Å². The number of aryl methyl sites for hydroxylation is 1. The highest BCUT2D eigenvalue weighted by molar-refractivity contribution is 5.77. The maximum atomic E-state index is 11.7. The lowest BCUT2D eigenvalue weighted by atomic mass is 10.2. The molecule has 0 fully saturated rings. The van der Waals surface area contributed by atoms with E-state index in [4.69, 9.17) is 4.74 Å². The zero-order chi connectivity index (χ0) is 13.7. The lowest BCUT2D eigenvalue weighted by Gasteiger charge is -2.11. The second kappa shape index (κ2) is 5.94. The summed E-state index contributed by atoms with van der Waals surface area (Å²) >= 11 is 0. The Morgan fingerprint density at radius 2 is 2.26 bits per heavy atom. The summed E-state index contributed by atoms with van der Waals surface area (Å²) in [5, 5.41) is 16.1. The lowest BCUT2D eigenvalue weighted by molar-refractivity contribution is -0.123. The van der Waals surface area contributed by atoms with Gasteiger partial charge < -0.3 is 10.1 Å². The Morgan fingerprint density at radius 1 is 1.47 bits per heavy atom. The smallest absolute Gasteiger partial charge is 0.258 e. The first-order valence-corrected chi connectivity index (χ1v) is 5.88. The van der Waals surface area contributed by atoms with E-state index >= 15 is 0 Å². The fourth-order valence-corrected chi connectivity index (χ4v) is 1.56. The fraction of sp³-hybridized carbons (Fsp3) is 0.333. The second-order valence-corrected chi connectivity index (χ2v) is 4.11. The fourth-order valence-electron chi connectivity index (χ4n) is 1.56. The molecule has 0 aliphatic rings. The van der Waals surface area contributed by atoms with Gasteiger partial charge in [0.1, 0.15) is 5.75 Å². The molecule has 7 heteroatoms. The van der Waals surface area contributed by atoms with Crippen molar-refractivity contribution in [1.29, 1.82) is 0 Å². The average Bonchev–Trinajstić information content (AvgIpc) is 2.91. The summed E-state index contributed by atoms with van der Waals surface area (Å²) in [6.45, 7) is 3.65. The molecular formula is C12H15N5O2. The molecular weight excluding hydrogens is 246 g/mol. The Bertz CT molecular complexity index is 541. The minimum atomic E-state index is -0.313. The van der Waals surface area contributed by atoms with E-state index in [0.717, 1.165) is 5.56 Å². The van der Waals surface area contributed by atoms with Crippen molar-refractivity contribution in [3.05, 3.63) is 35.7 Å². The van der Waals surface area contributed by atoms with E-state index in [0.29, 0.717) is 11.6 Å². The quantitative estimate of drug-likeness (QED) is 0.829. The van der Waals surface area contributed by atoms with Gasteiger partial charge in [0.05, 0.1) is 6.04 Å². The molecule has 1 aromatic carbocycles. The van der Waals surface area contributed by atoms with E-state index in [1.807, 2.05) is 31.2 Å². The number of H-pyrrole nitrogens is 1. The predicted octanol–water partition coefficient (Wildman–Crippen LogP) is 0.764. The highest BCUT2D eigenvalue weighted by Gasteiger charge is 2.13. The normalized spacial score (nSPS) is 11.9. The number of ether oxygens (including phenoxy) is 1. The molecule has 2 aromatic rings. The zero-order valence-corrected chi connectivity index (χ0v) is 10.8. The summed E-state index contributed by atoms with van der Waals surface area (Å²) in [5.74, 6) is 0.898. The van der Waals surface area contributed by atoms with Crippen LogP contribution in [0.15, 0.2) is 24.3 Å². The topological polar surface area (TPSA) is 92.8 Å². The third-order valence-electron chi connectivity index (χ3n) is 2.58. The Morgan fingerprint density at radius 3 is 2.95 bits per heavy atom. The maximum absolute atomic E-state index is 11.7. The largest absolute Gasteiger partial charge is 0.484 e. The van der Waals surface area contributed by atoms with Crippen LogP contribution in [0.4, 0.5) is 0 Å². The molecule has 1 atom stereocenters. The molecule has 0 bridgehead atoms. The predicted molar refractivity (Wildman–Crippen MR) is 67.4 cm³/mol. The number of aromatic amines is 1. The van der Waals surface area contributed by atoms with E-state index in [9.17, 15) is 4.79 Å². The van der Waals surface area contributed by atoms with Gasteiger partial charge in [-0.3, -0.25) is 4.79 Å². The number of rotatable bonds is 5. The van der Waals surface area contributed by atoms with Crippen molar-refractivity contribution in [2.24, 2.45) is 0 Å². The van der Waals surface area contributed by atoms with Gasteiger partial charge in [0.2, 0.25) is 0 Å². The van der Waals surface area contributed by atoms with Crippen LogP contribution in [0.3, 0.4) is 0 Å². The van der Waals surface area contributed by atoms with E-state index in [1.54, 1.807) is 6.92 Å². The number of hydrogen-bond acceptors (Lipinski definition) is 5.